The molecule has 70 valence electrons. The van der Waals surface area contributed by atoms with Crippen LogP contribution in [0.15, 0.2) is 12.3 Å². The molecular formula is C7H8N2O4. The van der Waals surface area contributed by atoms with Crippen molar-refractivity contribution in [1.29, 1.82) is 0 Å². The minimum absolute atomic E-state index is 0.174. The van der Waals surface area contributed by atoms with Crippen LogP contribution < -0.4 is 10.0 Å². The molecule has 0 bridgehead atoms. The molecule has 1 heterocycles. The van der Waals surface area contributed by atoms with Crippen LogP contribution in [-0.2, 0) is 0 Å². The van der Waals surface area contributed by atoms with E-state index in [1.807, 2.05) is 0 Å². The average Bonchev–Trinajstić information content (AvgIpc) is 2.10. The number of rotatable bonds is 1. The monoisotopic (exact) mass is 184 g/mol. The molecule has 1 aromatic heterocycles. The van der Waals surface area contributed by atoms with Gasteiger partial charge in [-0.15, -0.1) is 0 Å². The number of amides is 1. The highest BCUT2D eigenvalue weighted by atomic mass is 16.5. The molecule has 1 rings (SSSR count). The van der Waals surface area contributed by atoms with Gasteiger partial charge < -0.3 is 20.7 Å². The summed E-state index contributed by atoms with van der Waals surface area (Å²) in [5.74, 6) is -1.71. The molecule has 0 saturated heterocycles. The lowest BCUT2D eigenvalue weighted by Gasteiger charge is -2.03. The smallest absolute Gasteiger partial charge is 0.317 e. The molecule has 13 heavy (non-hydrogen) atoms. The zero-order valence-electron chi connectivity index (χ0n) is 6.81. The number of hydrogen-bond acceptors (Lipinski definition) is 4. The van der Waals surface area contributed by atoms with Crippen LogP contribution in [0.2, 0.25) is 0 Å². The quantitative estimate of drug-likeness (QED) is 0.389. The van der Waals surface area contributed by atoms with E-state index in [0.717, 1.165) is 6.07 Å². The van der Waals surface area contributed by atoms with Crippen molar-refractivity contribution < 1.29 is 19.7 Å². The minimum atomic E-state index is -0.634. The summed E-state index contributed by atoms with van der Waals surface area (Å²) in [7, 11) is 1.35. The fourth-order valence-corrected chi connectivity index (χ4v) is 0.808. The third kappa shape index (κ3) is 1.61. The van der Waals surface area contributed by atoms with Gasteiger partial charge in [-0.3, -0.25) is 4.79 Å². The fraction of sp³-hybridized carbons (Fsp3) is 0.143. The molecule has 0 aliphatic carbocycles. The van der Waals surface area contributed by atoms with Crippen LogP contribution in [0.5, 0.6) is 11.5 Å². The van der Waals surface area contributed by atoms with Crippen molar-refractivity contribution in [3.63, 3.8) is 0 Å². The van der Waals surface area contributed by atoms with Gasteiger partial charge in [-0.25, -0.2) is 0 Å². The first-order chi connectivity index (χ1) is 6.06. The fourth-order valence-electron chi connectivity index (χ4n) is 0.808. The first kappa shape index (κ1) is 9.11. The van der Waals surface area contributed by atoms with E-state index in [1.54, 1.807) is 0 Å². The van der Waals surface area contributed by atoms with Crippen molar-refractivity contribution >= 4 is 5.91 Å². The van der Waals surface area contributed by atoms with Crippen molar-refractivity contribution in [2.75, 3.05) is 7.05 Å². The molecular weight excluding hydrogens is 176 g/mol. The van der Waals surface area contributed by atoms with Crippen LogP contribution in [0.1, 0.15) is 10.5 Å². The summed E-state index contributed by atoms with van der Waals surface area (Å²) in [5.41, 5.74) is -0.280. The second-order valence-electron chi connectivity index (χ2n) is 2.33. The molecule has 0 aromatic carbocycles. The predicted molar refractivity (Wildman–Crippen MR) is 42.1 cm³/mol. The zero-order valence-corrected chi connectivity index (χ0v) is 6.81. The Morgan fingerprint density at radius 2 is 2.15 bits per heavy atom. The maximum atomic E-state index is 11.0. The average molecular weight is 184 g/mol. The molecule has 0 atom stereocenters. The molecule has 6 heteroatoms. The predicted octanol–water partition coefficient (Wildman–Crippen LogP) is -0.909. The Hall–Kier alpha value is -1.98. The van der Waals surface area contributed by atoms with Crippen LogP contribution in [-0.4, -0.2) is 23.2 Å². The summed E-state index contributed by atoms with van der Waals surface area (Å²) in [6.07, 6.45) is 0.708. The van der Waals surface area contributed by atoms with E-state index >= 15 is 0 Å². The number of carbonyl (C=O) groups is 1. The lowest BCUT2D eigenvalue weighted by molar-refractivity contribution is -0.608. The Morgan fingerprint density at radius 1 is 1.54 bits per heavy atom. The third-order valence-electron chi connectivity index (χ3n) is 1.47. The van der Waals surface area contributed by atoms with Crippen molar-refractivity contribution in [3.05, 3.63) is 23.2 Å². The Labute approximate surface area is 73.6 Å². The second-order valence-corrected chi connectivity index (χ2v) is 2.33. The molecule has 0 saturated carbocycles. The molecule has 0 radical (unpaired) electrons. The minimum Gasteiger partial charge on any atom is -0.618 e. The molecule has 0 fully saturated rings. The summed E-state index contributed by atoms with van der Waals surface area (Å²) >= 11 is 0. The Balaban J connectivity index is 3.23. The van der Waals surface area contributed by atoms with Gasteiger partial charge in [0.1, 0.15) is 0 Å². The van der Waals surface area contributed by atoms with Crippen LogP contribution in [0.4, 0.5) is 0 Å². The largest absolute Gasteiger partial charge is 0.618 e. The van der Waals surface area contributed by atoms with E-state index < -0.39 is 17.4 Å². The van der Waals surface area contributed by atoms with E-state index in [9.17, 15) is 10.0 Å². The van der Waals surface area contributed by atoms with Crippen molar-refractivity contribution in [2.45, 2.75) is 0 Å². The maximum absolute atomic E-state index is 11.0. The van der Waals surface area contributed by atoms with Gasteiger partial charge in [0.05, 0.1) is 6.07 Å². The van der Waals surface area contributed by atoms with Crippen molar-refractivity contribution in [1.82, 2.24) is 5.32 Å². The van der Waals surface area contributed by atoms with E-state index in [2.05, 4.69) is 5.32 Å². The first-order valence-electron chi connectivity index (χ1n) is 3.43. The van der Waals surface area contributed by atoms with Gasteiger partial charge in [0.25, 0.3) is 5.69 Å². The van der Waals surface area contributed by atoms with Crippen molar-refractivity contribution in [2.24, 2.45) is 0 Å². The number of aromatic nitrogens is 1. The number of aromatic hydroxyl groups is 2. The Kier molecular flexibility index (Phi) is 2.23. The summed E-state index contributed by atoms with van der Waals surface area (Å²) in [5, 5.41) is 31.1. The van der Waals surface area contributed by atoms with E-state index in [-0.39, 0.29) is 10.4 Å². The highest BCUT2D eigenvalue weighted by Gasteiger charge is 2.17. The molecule has 0 aliphatic heterocycles. The third-order valence-corrected chi connectivity index (χ3v) is 1.47. The van der Waals surface area contributed by atoms with Crippen molar-refractivity contribution in [3.8, 4) is 11.5 Å². The van der Waals surface area contributed by atoms with Gasteiger partial charge >= 0.3 is 5.91 Å². The molecule has 0 unspecified atom stereocenters. The number of carbonyl (C=O) groups excluding carboxylic acids is 1. The molecule has 3 N–H and O–H groups in total. The normalized spacial score (nSPS) is 9.62. The molecule has 0 spiro atoms. The summed E-state index contributed by atoms with van der Waals surface area (Å²) in [6, 6.07) is 0.890. The second kappa shape index (κ2) is 3.18. The lowest BCUT2D eigenvalue weighted by atomic mass is 10.3. The highest BCUT2D eigenvalue weighted by Crippen LogP contribution is 2.21. The van der Waals surface area contributed by atoms with E-state index in [1.165, 1.54) is 7.05 Å². The number of hydrogen-bond donors (Lipinski definition) is 3. The van der Waals surface area contributed by atoms with Crippen LogP contribution in [0, 0.1) is 5.21 Å². The first-order valence-corrected chi connectivity index (χ1v) is 3.43. The Bertz CT molecular complexity index is 351. The van der Waals surface area contributed by atoms with Gasteiger partial charge in [0.2, 0.25) is 11.9 Å². The van der Waals surface area contributed by atoms with Gasteiger partial charge in [0, 0.05) is 7.05 Å². The molecule has 1 amide bonds. The highest BCUT2D eigenvalue weighted by molar-refractivity contribution is 5.91. The topological polar surface area (TPSA) is 96.5 Å². The Morgan fingerprint density at radius 3 is 2.69 bits per heavy atom. The lowest BCUT2D eigenvalue weighted by Crippen LogP contribution is -2.37. The molecule has 0 aliphatic rings. The standard InChI is InChI=1S/C7H8N2O4/c1-8-7(12)4-2-5(10)6(11)3-9(4)13/h2-3,10-11H,1H3,(H,8,12). The van der Waals surface area contributed by atoms with Gasteiger partial charge in [-0.2, -0.15) is 4.73 Å². The molecule has 6 nitrogen and oxygen atoms in total. The SMILES string of the molecule is CNC(=O)c1cc(O)c(O)c[n+]1[O-]. The van der Waals surface area contributed by atoms with Gasteiger partial charge in [0.15, 0.2) is 5.75 Å². The number of nitrogens with one attached hydrogen (secondary N) is 1. The van der Waals surface area contributed by atoms with Gasteiger partial charge in [-0.1, -0.05) is 0 Å². The summed E-state index contributed by atoms with van der Waals surface area (Å²) in [4.78, 5) is 11.0. The summed E-state index contributed by atoms with van der Waals surface area (Å²) in [6.45, 7) is 0. The molecule has 1 aromatic rings. The number of nitrogens with zero attached hydrogens (tertiary/aromatic N) is 1. The van der Waals surface area contributed by atoms with E-state index in [4.69, 9.17) is 10.2 Å². The van der Waals surface area contributed by atoms with Crippen LogP contribution in [0.25, 0.3) is 0 Å². The van der Waals surface area contributed by atoms with E-state index in [0.29, 0.717) is 6.20 Å². The summed E-state index contributed by atoms with van der Waals surface area (Å²) < 4.78 is 0.174. The number of pyridine rings is 1. The zero-order chi connectivity index (χ0) is 10.0. The van der Waals surface area contributed by atoms with Crippen LogP contribution >= 0.6 is 0 Å². The van der Waals surface area contributed by atoms with Gasteiger partial charge in [-0.05, 0) is 0 Å². The maximum Gasteiger partial charge on any atom is 0.317 e. The van der Waals surface area contributed by atoms with Crippen LogP contribution in [0.3, 0.4) is 0 Å².